The van der Waals surface area contributed by atoms with Crippen LogP contribution in [0, 0.1) is 0 Å². The summed E-state index contributed by atoms with van der Waals surface area (Å²) in [4.78, 5) is 0. The van der Waals surface area contributed by atoms with E-state index in [1.54, 1.807) is 0 Å². The van der Waals surface area contributed by atoms with Crippen LogP contribution in [-0.4, -0.2) is 65.3 Å². The molecule has 2 nitrogen and oxygen atoms in total. The van der Waals surface area contributed by atoms with Gasteiger partial charge in [0.2, 0.25) is 0 Å². The molecule has 0 heterocycles. The van der Waals surface area contributed by atoms with E-state index in [2.05, 4.69) is 56.4 Å². The van der Waals surface area contributed by atoms with Crippen molar-refractivity contribution in [2.24, 2.45) is 0 Å². The van der Waals surface area contributed by atoms with E-state index in [9.17, 15) is 0 Å². The normalized spacial score (nSPS) is 11.7. The van der Waals surface area contributed by atoms with Crippen molar-refractivity contribution in [1.29, 1.82) is 0 Å². The molecule has 0 N–H and O–H groups in total. The van der Waals surface area contributed by atoms with Gasteiger partial charge in [-0.15, -0.1) is 0 Å². The van der Waals surface area contributed by atoms with Gasteiger partial charge >= 0.3 is 84.6 Å². The van der Waals surface area contributed by atoms with E-state index in [4.69, 9.17) is 57.2 Å². The number of hydrogen-bond acceptors (Lipinski definition) is 0. The van der Waals surface area contributed by atoms with E-state index in [1.807, 2.05) is 0 Å². The van der Waals surface area contributed by atoms with Crippen molar-refractivity contribution in [2.45, 2.75) is 0 Å². The predicted molar refractivity (Wildman–Crippen MR) is 83.0 cm³/mol. The quantitative estimate of drug-likeness (QED) is 0.289. The molecule has 0 atom stereocenters. The number of halogens is 6. The first kappa shape index (κ1) is 29.1. The van der Waals surface area contributed by atoms with E-state index < -0.39 is 27.4 Å². The van der Waals surface area contributed by atoms with Gasteiger partial charge in [-0.1, -0.05) is 0 Å². The molecule has 0 unspecified atom stereocenters. The molecule has 10 heteroatoms. The second-order valence-corrected chi connectivity index (χ2v) is 19.8. The van der Waals surface area contributed by atoms with Crippen molar-refractivity contribution in [2.75, 3.05) is 56.4 Å². The van der Waals surface area contributed by atoms with Crippen molar-refractivity contribution >= 4 is 57.2 Å². The molecule has 0 rings (SSSR count). The molecule has 0 aliphatic carbocycles. The Bertz CT molecular complexity index is 123. The molecule has 0 aromatic rings. The summed E-state index contributed by atoms with van der Waals surface area (Å²) in [5.41, 5.74) is 0. The first-order valence-corrected chi connectivity index (χ1v) is 16.3. The van der Waals surface area contributed by atoms with Crippen molar-refractivity contribution in [3.63, 3.8) is 0 Å². The Morgan fingerprint density at radius 1 is 0.444 bits per heavy atom. The molecule has 0 amide bonds. The molecule has 128 valence electrons. The molecule has 0 aromatic carbocycles. The zero-order valence-electron chi connectivity index (χ0n) is 11.8. The van der Waals surface area contributed by atoms with Gasteiger partial charge in [0.1, 0.15) is 0 Å². The van der Waals surface area contributed by atoms with E-state index in [-0.39, 0.29) is 0 Å². The zero-order valence-corrected chi connectivity index (χ0v) is 19.4. The SMILES string of the molecule is C[N+](C)(C)C.C[N+](C)(C)C.[Cl][Pd-]([Cl])[Cl].[Cl][Pd-]([Cl])[Cl]. The average molecular weight is 574 g/mol. The first-order chi connectivity index (χ1) is 7.46. The van der Waals surface area contributed by atoms with Crippen LogP contribution in [0.15, 0.2) is 0 Å². The average Bonchev–Trinajstić information content (AvgIpc) is 1.70. The fourth-order valence-electron chi connectivity index (χ4n) is 0. The number of rotatable bonds is 0. The Morgan fingerprint density at radius 3 is 0.444 bits per heavy atom. The number of quaternary nitrogens is 2. The van der Waals surface area contributed by atoms with E-state index in [0.717, 1.165) is 8.97 Å². The third kappa shape index (κ3) is 689. The number of nitrogens with zero attached hydrogens (tertiary/aromatic N) is 2. The van der Waals surface area contributed by atoms with Gasteiger partial charge in [0.25, 0.3) is 0 Å². The van der Waals surface area contributed by atoms with Gasteiger partial charge in [0, 0.05) is 0 Å². The van der Waals surface area contributed by atoms with Crippen molar-refractivity contribution in [3.8, 4) is 0 Å². The van der Waals surface area contributed by atoms with Crippen LogP contribution in [0.2, 0.25) is 0 Å². The van der Waals surface area contributed by atoms with Gasteiger partial charge in [0.15, 0.2) is 0 Å². The van der Waals surface area contributed by atoms with Gasteiger partial charge in [0.05, 0.1) is 56.4 Å². The third-order valence-corrected chi connectivity index (χ3v) is 0. The van der Waals surface area contributed by atoms with Crippen LogP contribution in [-0.2, 0) is 27.4 Å². The van der Waals surface area contributed by atoms with Crippen LogP contribution in [0.4, 0.5) is 0 Å². The molecular formula is C8H24Cl6N2Pd2. The van der Waals surface area contributed by atoms with Crippen LogP contribution in [0.1, 0.15) is 0 Å². The molecule has 0 aliphatic heterocycles. The van der Waals surface area contributed by atoms with Crippen LogP contribution >= 0.6 is 57.2 Å². The monoisotopic (exact) mass is 570 g/mol. The van der Waals surface area contributed by atoms with Gasteiger partial charge in [-0.25, -0.2) is 0 Å². The topological polar surface area (TPSA) is 0 Å². The number of hydrogen-bond donors (Lipinski definition) is 0. The molecule has 18 heavy (non-hydrogen) atoms. The van der Waals surface area contributed by atoms with Crippen molar-refractivity contribution in [3.05, 3.63) is 0 Å². The fourth-order valence-corrected chi connectivity index (χ4v) is 0. The Hall–Kier alpha value is 2.98. The molecule has 0 aliphatic rings. The molecule has 0 saturated heterocycles. The molecule has 0 fully saturated rings. The Kier molecular flexibility index (Phi) is 26.4. The predicted octanol–water partition coefficient (Wildman–Crippen LogP) is 4.78. The van der Waals surface area contributed by atoms with Crippen LogP contribution < -0.4 is 0 Å². The Morgan fingerprint density at radius 2 is 0.444 bits per heavy atom. The standard InChI is InChI=1S/2C4H12N.6ClH.2Pd/c2*1-5(2,3)4;;;;;;;;/h2*1-4H3;6*1H;;/q2*+1;;;;;;;2*+2/p-6. The third-order valence-electron chi connectivity index (χ3n) is 0. The molecule has 0 radical (unpaired) electrons. The van der Waals surface area contributed by atoms with Crippen LogP contribution in [0.3, 0.4) is 0 Å². The summed E-state index contributed by atoms with van der Waals surface area (Å²) < 4.78 is 2.00. The Labute approximate surface area is 148 Å². The molecule has 0 spiro atoms. The van der Waals surface area contributed by atoms with E-state index in [0.29, 0.717) is 0 Å². The molecule has 0 bridgehead atoms. The van der Waals surface area contributed by atoms with Gasteiger partial charge in [-0.3, -0.25) is 0 Å². The fraction of sp³-hybridized carbons (Fsp3) is 1.00. The second-order valence-electron chi connectivity index (χ2n) is 5.64. The maximum absolute atomic E-state index is 4.92. The summed E-state index contributed by atoms with van der Waals surface area (Å²) in [5.74, 6) is 0. The van der Waals surface area contributed by atoms with E-state index >= 15 is 0 Å². The maximum atomic E-state index is 4.92. The van der Waals surface area contributed by atoms with Crippen molar-refractivity contribution in [1.82, 2.24) is 0 Å². The summed E-state index contributed by atoms with van der Waals surface area (Å²) in [6, 6.07) is 0. The zero-order chi connectivity index (χ0) is 16.2. The molecule has 0 saturated carbocycles. The second kappa shape index (κ2) is 16.4. The van der Waals surface area contributed by atoms with Crippen molar-refractivity contribution < 1.29 is 36.4 Å². The Balaban J connectivity index is -0.0000000731. The summed E-state index contributed by atoms with van der Waals surface area (Å²) in [7, 11) is 46.5. The van der Waals surface area contributed by atoms with Gasteiger partial charge in [-0.2, -0.15) is 0 Å². The minimum absolute atomic E-state index is 1.00. The summed E-state index contributed by atoms with van der Waals surface area (Å²) in [5, 5.41) is 0. The molecular weight excluding hydrogens is 550 g/mol. The van der Waals surface area contributed by atoms with Crippen LogP contribution in [0.5, 0.6) is 0 Å². The van der Waals surface area contributed by atoms with Gasteiger partial charge in [-0.05, 0) is 0 Å². The summed E-state index contributed by atoms with van der Waals surface area (Å²) in [6.45, 7) is 0. The first-order valence-electron chi connectivity index (χ1n) is 4.29. The summed E-state index contributed by atoms with van der Waals surface area (Å²) >= 11 is -3.13. The molecule has 0 aromatic heterocycles. The van der Waals surface area contributed by atoms with Gasteiger partial charge < -0.3 is 8.97 Å². The van der Waals surface area contributed by atoms with Crippen LogP contribution in [0.25, 0.3) is 0 Å². The summed E-state index contributed by atoms with van der Waals surface area (Å²) in [6.07, 6.45) is 0. The minimum atomic E-state index is -1.57. The van der Waals surface area contributed by atoms with E-state index in [1.165, 1.54) is 0 Å².